The van der Waals surface area contributed by atoms with Crippen LogP contribution in [0.3, 0.4) is 0 Å². The van der Waals surface area contributed by atoms with Crippen LogP contribution in [-0.4, -0.2) is 55.9 Å². The maximum Gasteiger partial charge on any atom is 0.407 e. The zero-order chi connectivity index (χ0) is 17.3. The highest BCUT2D eigenvalue weighted by atomic mass is 16.6. The molecule has 0 spiro atoms. The van der Waals surface area contributed by atoms with E-state index in [0.29, 0.717) is 18.4 Å². The molecule has 0 saturated carbocycles. The summed E-state index contributed by atoms with van der Waals surface area (Å²) in [5.74, 6) is 0.949. The predicted octanol–water partition coefficient (Wildman–Crippen LogP) is 2.86. The molecule has 1 amide bonds. The van der Waals surface area contributed by atoms with Gasteiger partial charge in [-0.25, -0.2) is 4.79 Å². The minimum absolute atomic E-state index is 0.322. The lowest BCUT2D eigenvalue weighted by atomic mass is 9.96. The first kappa shape index (κ1) is 20.2. The number of likely N-dealkylation sites (tertiary alicyclic amines) is 1. The Kier molecular flexibility index (Phi) is 8.92. The molecule has 5 heteroatoms. The summed E-state index contributed by atoms with van der Waals surface area (Å²) in [5, 5.41) is 6.44. The highest BCUT2D eigenvalue weighted by Crippen LogP contribution is 2.11. The summed E-state index contributed by atoms with van der Waals surface area (Å²) in [4.78, 5) is 14.3. The minimum Gasteiger partial charge on any atom is -0.444 e. The number of nitrogens with one attached hydrogen (secondary N) is 2. The van der Waals surface area contributed by atoms with Gasteiger partial charge in [0, 0.05) is 6.54 Å². The van der Waals surface area contributed by atoms with Gasteiger partial charge in [0.1, 0.15) is 5.60 Å². The van der Waals surface area contributed by atoms with Gasteiger partial charge in [0.15, 0.2) is 0 Å². The van der Waals surface area contributed by atoms with Gasteiger partial charge in [0.2, 0.25) is 0 Å². The summed E-state index contributed by atoms with van der Waals surface area (Å²) in [5.41, 5.74) is -0.439. The molecule has 5 nitrogen and oxygen atoms in total. The fraction of sp³-hybridized carbons (Fsp3) is 0.944. The summed E-state index contributed by atoms with van der Waals surface area (Å²) >= 11 is 0. The zero-order valence-electron chi connectivity index (χ0n) is 15.8. The minimum atomic E-state index is -0.439. The molecule has 1 atom stereocenters. The third-order valence-electron chi connectivity index (χ3n) is 4.28. The zero-order valence-corrected chi connectivity index (χ0v) is 15.8. The smallest absolute Gasteiger partial charge is 0.407 e. The molecule has 1 rings (SSSR count). The maximum atomic E-state index is 11.7. The number of rotatable bonds is 9. The fourth-order valence-corrected chi connectivity index (χ4v) is 2.79. The largest absolute Gasteiger partial charge is 0.444 e. The first-order valence-electron chi connectivity index (χ1n) is 9.18. The van der Waals surface area contributed by atoms with Crippen molar-refractivity contribution in [1.29, 1.82) is 0 Å². The van der Waals surface area contributed by atoms with Crippen LogP contribution in [0.25, 0.3) is 0 Å². The van der Waals surface area contributed by atoms with Crippen molar-refractivity contribution in [1.82, 2.24) is 15.5 Å². The SMILES string of the molecule is CC(C)C(CNCCCN1CCCC1)CNC(=O)OC(C)(C)C. The van der Waals surface area contributed by atoms with E-state index in [-0.39, 0.29) is 6.09 Å². The van der Waals surface area contributed by atoms with Crippen LogP contribution in [-0.2, 0) is 4.74 Å². The fourth-order valence-electron chi connectivity index (χ4n) is 2.79. The van der Waals surface area contributed by atoms with Crippen LogP contribution in [0.15, 0.2) is 0 Å². The first-order chi connectivity index (χ1) is 10.8. The summed E-state index contributed by atoms with van der Waals surface area (Å²) in [7, 11) is 0. The maximum absolute atomic E-state index is 11.7. The lowest BCUT2D eigenvalue weighted by Crippen LogP contribution is -2.40. The van der Waals surface area contributed by atoms with E-state index in [1.165, 1.54) is 38.9 Å². The third kappa shape index (κ3) is 9.82. The third-order valence-corrected chi connectivity index (χ3v) is 4.28. The van der Waals surface area contributed by atoms with E-state index in [2.05, 4.69) is 29.4 Å². The van der Waals surface area contributed by atoms with E-state index in [0.717, 1.165) is 13.1 Å². The molecule has 1 fully saturated rings. The molecule has 0 bridgehead atoms. The van der Waals surface area contributed by atoms with Crippen molar-refractivity contribution in [2.75, 3.05) is 39.3 Å². The molecule has 1 saturated heterocycles. The van der Waals surface area contributed by atoms with Crippen LogP contribution < -0.4 is 10.6 Å². The molecule has 0 radical (unpaired) electrons. The van der Waals surface area contributed by atoms with Crippen molar-refractivity contribution in [2.45, 2.75) is 59.5 Å². The molecular weight excluding hydrogens is 290 g/mol. The van der Waals surface area contributed by atoms with E-state index >= 15 is 0 Å². The highest BCUT2D eigenvalue weighted by Gasteiger charge is 2.19. The van der Waals surface area contributed by atoms with Gasteiger partial charge in [-0.2, -0.15) is 0 Å². The summed E-state index contributed by atoms with van der Waals surface area (Å²) in [6.07, 6.45) is 3.60. The van der Waals surface area contributed by atoms with Crippen molar-refractivity contribution in [3.05, 3.63) is 0 Å². The molecule has 0 aromatic heterocycles. The van der Waals surface area contributed by atoms with E-state index < -0.39 is 5.60 Å². The van der Waals surface area contributed by atoms with Crippen LogP contribution in [0, 0.1) is 11.8 Å². The number of hydrogen-bond donors (Lipinski definition) is 2. The van der Waals surface area contributed by atoms with Gasteiger partial charge < -0.3 is 20.3 Å². The average molecular weight is 328 g/mol. The monoisotopic (exact) mass is 327 g/mol. The molecule has 2 N–H and O–H groups in total. The van der Waals surface area contributed by atoms with Crippen molar-refractivity contribution in [3.8, 4) is 0 Å². The number of ether oxygens (including phenoxy) is 1. The molecule has 1 aliphatic heterocycles. The average Bonchev–Trinajstić information content (AvgIpc) is 2.92. The van der Waals surface area contributed by atoms with Crippen molar-refractivity contribution < 1.29 is 9.53 Å². The first-order valence-corrected chi connectivity index (χ1v) is 9.18. The Morgan fingerprint density at radius 1 is 1.17 bits per heavy atom. The molecule has 1 aliphatic rings. The number of alkyl carbamates (subject to hydrolysis) is 1. The Labute approximate surface area is 142 Å². The summed E-state index contributed by atoms with van der Waals surface area (Å²) < 4.78 is 5.29. The molecule has 23 heavy (non-hydrogen) atoms. The van der Waals surface area contributed by atoms with Crippen molar-refractivity contribution >= 4 is 6.09 Å². The van der Waals surface area contributed by atoms with E-state index in [9.17, 15) is 4.79 Å². The number of hydrogen-bond acceptors (Lipinski definition) is 4. The van der Waals surface area contributed by atoms with E-state index in [1.54, 1.807) is 0 Å². The topological polar surface area (TPSA) is 53.6 Å². The van der Waals surface area contributed by atoms with Crippen LogP contribution >= 0.6 is 0 Å². The van der Waals surface area contributed by atoms with Gasteiger partial charge in [0.25, 0.3) is 0 Å². The Morgan fingerprint density at radius 3 is 2.39 bits per heavy atom. The lowest BCUT2D eigenvalue weighted by molar-refractivity contribution is 0.0515. The standard InChI is InChI=1S/C18H37N3O2/c1-15(2)16(14-20-17(22)23-18(3,4)5)13-19-9-8-12-21-10-6-7-11-21/h15-16,19H,6-14H2,1-5H3,(H,20,22). The molecule has 1 unspecified atom stereocenters. The number of nitrogens with zero attached hydrogens (tertiary/aromatic N) is 1. The second kappa shape index (κ2) is 10.1. The molecule has 0 aromatic rings. The predicted molar refractivity (Wildman–Crippen MR) is 95.7 cm³/mol. The quantitative estimate of drug-likeness (QED) is 0.639. The lowest BCUT2D eigenvalue weighted by Gasteiger charge is -2.24. The molecule has 0 aliphatic carbocycles. The Morgan fingerprint density at radius 2 is 1.83 bits per heavy atom. The molecule has 0 aromatic carbocycles. The number of carbonyl (C=O) groups excluding carboxylic acids is 1. The van der Waals surface area contributed by atoms with Gasteiger partial charge in [-0.05, 0) is 84.6 Å². The molecular formula is C18H37N3O2. The Hall–Kier alpha value is -0.810. The highest BCUT2D eigenvalue weighted by molar-refractivity contribution is 5.67. The van der Waals surface area contributed by atoms with E-state index in [4.69, 9.17) is 4.74 Å². The van der Waals surface area contributed by atoms with Gasteiger partial charge in [-0.15, -0.1) is 0 Å². The van der Waals surface area contributed by atoms with Gasteiger partial charge in [-0.1, -0.05) is 13.8 Å². The normalized spacial score (nSPS) is 17.5. The van der Waals surface area contributed by atoms with Crippen molar-refractivity contribution in [3.63, 3.8) is 0 Å². The number of amides is 1. The summed E-state index contributed by atoms with van der Waals surface area (Å²) in [6.45, 7) is 16.4. The Bertz CT molecular complexity index is 334. The Balaban J connectivity index is 2.14. The van der Waals surface area contributed by atoms with Crippen LogP contribution in [0.4, 0.5) is 4.79 Å². The molecule has 136 valence electrons. The number of carbonyl (C=O) groups is 1. The van der Waals surface area contributed by atoms with Crippen molar-refractivity contribution in [2.24, 2.45) is 11.8 Å². The second-order valence-electron chi connectivity index (χ2n) is 7.99. The molecule has 1 heterocycles. The van der Waals surface area contributed by atoms with Gasteiger partial charge in [0.05, 0.1) is 0 Å². The van der Waals surface area contributed by atoms with Gasteiger partial charge >= 0.3 is 6.09 Å². The van der Waals surface area contributed by atoms with Crippen LogP contribution in [0.2, 0.25) is 0 Å². The summed E-state index contributed by atoms with van der Waals surface area (Å²) in [6, 6.07) is 0. The van der Waals surface area contributed by atoms with Gasteiger partial charge in [-0.3, -0.25) is 0 Å². The second-order valence-corrected chi connectivity index (χ2v) is 7.99. The van der Waals surface area contributed by atoms with Crippen LogP contribution in [0.5, 0.6) is 0 Å². The van der Waals surface area contributed by atoms with Crippen LogP contribution in [0.1, 0.15) is 53.9 Å². The van der Waals surface area contributed by atoms with E-state index in [1.807, 2.05) is 20.8 Å².